The van der Waals surface area contributed by atoms with Gasteiger partial charge >= 0.3 is 0 Å². The minimum atomic E-state index is -0.622. The number of carbonyl (C=O) groups is 2. The Morgan fingerprint density at radius 2 is 1.47 bits per heavy atom. The maximum absolute atomic E-state index is 13.7. The summed E-state index contributed by atoms with van der Waals surface area (Å²) >= 11 is 0. The maximum Gasteiger partial charge on any atom is 0.243 e. The molecule has 0 saturated carbocycles. The van der Waals surface area contributed by atoms with Crippen molar-refractivity contribution in [3.05, 3.63) is 95.6 Å². The molecule has 1 aliphatic rings. The third kappa shape index (κ3) is 6.87. The van der Waals surface area contributed by atoms with Crippen molar-refractivity contribution in [1.82, 2.24) is 10.2 Å². The van der Waals surface area contributed by atoms with E-state index in [9.17, 15) is 9.59 Å². The van der Waals surface area contributed by atoms with Crippen LogP contribution in [-0.4, -0.2) is 42.0 Å². The second-order valence-corrected chi connectivity index (χ2v) is 9.35. The number of carbonyl (C=O) groups excluding carboxylic acids is 2. The standard InChI is InChI=1S/C30H34N2O4/c1-22(2)31-30(34)26(19-23-9-5-3-6-10-23)32(21-25-11-7-4-8-12-25)29(33)16-14-24-13-15-27-28(20-24)36-18-17-35-27/h3-13,15,20,22,26H,14,16-19,21H2,1-2H3,(H,31,34)/t26-/m0/s1. The first kappa shape index (κ1) is 25.3. The number of nitrogens with zero attached hydrogens (tertiary/aromatic N) is 1. The highest BCUT2D eigenvalue weighted by atomic mass is 16.6. The summed E-state index contributed by atoms with van der Waals surface area (Å²) < 4.78 is 11.3. The number of hydrogen-bond acceptors (Lipinski definition) is 4. The van der Waals surface area contributed by atoms with Crippen LogP contribution in [0.4, 0.5) is 0 Å². The van der Waals surface area contributed by atoms with E-state index in [1.54, 1.807) is 4.90 Å². The maximum atomic E-state index is 13.7. The molecule has 0 unspecified atom stereocenters. The van der Waals surface area contributed by atoms with Gasteiger partial charge in [-0.25, -0.2) is 0 Å². The fourth-order valence-corrected chi connectivity index (χ4v) is 4.35. The molecule has 1 atom stereocenters. The smallest absolute Gasteiger partial charge is 0.243 e. The van der Waals surface area contributed by atoms with Crippen molar-refractivity contribution in [2.45, 2.75) is 51.7 Å². The Bertz CT molecular complexity index is 1150. The van der Waals surface area contributed by atoms with E-state index in [-0.39, 0.29) is 24.3 Å². The van der Waals surface area contributed by atoms with Gasteiger partial charge in [0.2, 0.25) is 11.8 Å². The van der Waals surface area contributed by atoms with Crippen molar-refractivity contribution in [2.24, 2.45) is 0 Å². The monoisotopic (exact) mass is 486 g/mol. The van der Waals surface area contributed by atoms with Gasteiger partial charge in [-0.2, -0.15) is 0 Å². The molecule has 1 N–H and O–H groups in total. The van der Waals surface area contributed by atoms with Gasteiger partial charge in [0.15, 0.2) is 11.5 Å². The quantitative estimate of drug-likeness (QED) is 0.456. The zero-order valence-electron chi connectivity index (χ0n) is 21.0. The van der Waals surface area contributed by atoms with Gasteiger partial charge < -0.3 is 19.7 Å². The third-order valence-electron chi connectivity index (χ3n) is 6.13. The predicted octanol–water partition coefficient (Wildman–Crippen LogP) is 4.56. The first-order valence-corrected chi connectivity index (χ1v) is 12.6. The van der Waals surface area contributed by atoms with Crippen LogP contribution in [0.3, 0.4) is 0 Å². The van der Waals surface area contributed by atoms with E-state index in [4.69, 9.17) is 9.47 Å². The molecule has 2 amide bonds. The number of fused-ring (bicyclic) bond motifs is 1. The van der Waals surface area contributed by atoms with Gasteiger partial charge in [-0.15, -0.1) is 0 Å². The van der Waals surface area contributed by atoms with E-state index in [0.29, 0.717) is 38.3 Å². The van der Waals surface area contributed by atoms with Crippen LogP contribution in [0.1, 0.15) is 37.0 Å². The molecule has 0 aromatic heterocycles. The lowest BCUT2D eigenvalue weighted by molar-refractivity contribution is -0.141. The highest BCUT2D eigenvalue weighted by Gasteiger charge is 2.30. The lowest BCUT2D eigenvalue weighted by Gasteiger charge is -2.32. The molecule has 188 valence electrons. The summed E-state index contributed by atoms with van der Waals surface area (Å²) in [7, 11) is 0. The molecule has 0 radical (unpaired) electrons. The zero-order chi connectivity index (χ0) is 25.3. The van der Waals surface area contributed by atoms with Gasteiger partial charge in [0, 0.05) is 25.4 Å². The second kappa shape index (κ2) is 12.2. The minimum Gasteiger partial charge on any atom is -0.486 e. The molecule has 6 nitrogen and oxygen atoms in total. The summed E-state index contributed by atoms with van der Waals surface area (Å²) in [5, 5.41) is 3.03. The summed E-state index contributed by atoms with van der Waals surface area (Å²) in [6.07, 6.45) is 1.28. The van der Waals surface area contributed by atoms with E-state index >= 15 is 0 Å². The van der Waals surface area contributed by atoms with Crippen LogP contribution in [0, 0.1) is 0 Å². The first-order chi connectivity index (χ1) is 17.5. The summed E-state index contributed by atoms with van der Waals surface area (Å²) in [6.45, 7) is 5.29. The van der Waals surface area contributed by atoms with Crippen LogP contribution in [0.5, 0.6) is 11.5 Å². The van der Waals surface area contributed by atoms with E-state index in [2.05, 4.69) is 5.32 Å². The van der Waals surface area contributed by atoms with Crippen molar-refractivity contribution in [3.63, 3.8) is 0 Å². The Kier molecular flexibility index (Phi) is 8.61. The summed E-state index contributed by atoms with van der Waals surface area (Å²) in [6, 6.07) is 24.8. The molecule has 0 bridgehead atoms. The Balaban J connectivity index is 1.57. The largest absolute Gasteiger partial charge is 0.486 e. The molecule has 3 aromatic rings. The molecular formula is C30H34N2O4. The molecule has 0 spiro atoms. The third-order valence-corrected chi connectivity index (χ3v) is 6.13. The number of ether oxygens (including phenoxy) is 2. The van der Waals surface area contributed by atoms with Crippen LogP contribution in [0.15, 0.2) is 78.9 Å². The fourth-order valence-electron chi connectivity index (χ4n) is 4.35. The fraction of sp³-hybridized carbons (Fsp3) is 0.333. The van der Waals surface area contributed by atoms with E-state index in [0.717, 1.165) is 22.4 Å². The van der Waals surface area contributed by atoms with Crippen molar-refractivity contribution in [3.8, 4) is 11.5 Å². The number of aryl methyl sites for hydroxylation is 1. The topological polar surface area (TPSA) is 67.9 Å². The lowest BCUT2D eigenvalue weighted by atomic mass is 10.0. The molecule has 6 heteroatoms. The van der Waals surface area contributed by atoms with Crippen LogP contribution < -0.4 is 14.8 Å². The number of nitrogens with one attached hydrogen (secondary N) is 1. The van der Waals surface area contributed by atoms with Gasteiger partial charge in [0.05, 0.1) is 0 Å². The molecule has 36 heavy (non-hydrogen) atoms. The normalized spacial score (nSPS) is 13.2. The molecule has 0 saturated heterocycles. The van der Waals surface area contributed by atoms with Crippen LogP contribution in [0.2, 0.25) is 0 Å². The van der Waals surface area contributed by atoms with Gasteiger partial charge in [-0.1, -0.05) is 66.7 Å². The lowest BCUT2D eigenvalue weighted by Crippen LogP contribution is -2.51. The van der Waals surface area contributed by atoms with Crippen LogP contribution in [-0.2, 0) is 29.0 Å². The Hall–Kier alpha value is -3.80. The van der Waals surface area contributed by atoms with Crippen molar-refractivity contribution < 1.29 is 19.1 Å². The Labute approximate surface area is 213 Å². The zero-order valence-corrected chi connectivity index (χ0v) is 21.0. The van der Waals surface area contributed by atoms with Crippen molar-refractivity contribution in [1.29, 1.82) is 0 Å². The highest BCUT2D eigenvalue weighted by molar-refractivity contribution is 5.88. The number of rotatable bonds is 10. The highest BCUT2D eigenvalue weighted by Crippen LogP contribution is 2.31. The Morgan fingerprint density at radius 3 is 2.14 bits per heavy atom. The Morgan fingerprint density at radius 1 is 0.833 bits per heavy atom. The summed E-state index contributed by atoms with van der Waals surface area (Å²) in [4.78, 5) is 28.8. The minimum absolute atomic E-state index is 0.0258. The molecule has 0 fully saturated rings. The average Bonchev–Trinajstić information content (AvgIpc) is 2.90. The summed E-state index contributed by atoms with van der Waals surface area (Å²) in [5.74, 6) is 1.24. The SMILES string of the molecule is CC(C)NC(=O)[C@H](Cc1ccccc1)N(Cc1ccccc1)C(=O)CCc1ccc2c(c1)OCCO2. The van der Waals surface area contributed by atoms with Crippen molar-refractivity contribution in [2.75, 3.05) is 13.2 Å². The van der Waals surface area contributed by atoms with Crippen molar-refractivity contribution >= 4 is 11.8 Å². The van der Waals surface area contributed by atoms with E-state index in [1.807, 2.05) is 92.7 Å². The van der Waals surface area contributed by atoms with Gasteiger partial charge in [0.1, 0.15) is 19.3 Å². The molecular weight excluding hydrogens is 452 g/mol. The molecule has 1 heterocycles. The van der Waals surface area contributed by atoms with E-state index < -0.39 is 6.04 Å². The predicted molar refractivity (Wildman–Crippen MR) is 140 cm³/mol. The second-order valence-electron chi connectivity index (χ2n) is 9.35. The first-order valence-electron chi connectivity index (χ1n) is 12.6. The number of benzene rings is 3. The molecule has 1 aliphatic heterocycles. The molecule has 4 rings (SSSR count). The van der Waals surface area contributed by atoms with E-state index in [1.165, 1.54) is 0 Å². The number of hydrogen-bond donors (Lipinski definition) is 1. The summed E-state index contributed by atoms with van der Waals surface area (Å²) in [5.41, 5.74) is 3.00. The molecule has 0 aliphatic carbocycles. The van der Waals surface area contributed by atoms with Crippen LogP contribution >= 0.6 is 0 Å². The number of amides is 2. The molecule has 3 aromatic carbocycles. The van der Waals surface area contributed by atoms with Gasteiger partial charge in [-0.05, 0) is 49.1 Å². The van der Waals surface area contributed by atoms with Gasteiger partial charge in [0.25, 0.3) is 0 Å². The van der Waals surface area contributed by atoms with Crippen LogP contribution in [0.25, 0.3) is 0 Å². The van der Waals surface area contributed by atoms with Gasteiger partial charge in [-0.3, -0.25) is 9.59 Å². The average molecular weight is 487 g/mol.